The number of amides is 1. The van der Waals surface area contributed by atoms with E-state index in [1.54, 1.807) is 12.3 Å². The van der Waals surface area contributed by atoms with Crippen LogP contribution < -0.4 is 21.7 Å². The number of nitrogens with zero attached hydrogens (tertiary/aromatic N) is 3. The standard InChI is InChI=1S/C22H21F3N6O/c23-12-7-9-31(11-16(12)27)19-6-8-28-10-18(19)30-22(32)21-15(26)4-5-17(29-21)20-13(24)2-1-3-14(20)25/h1-6,8,10,12,16H,7,9,11,26-27H2,(H,30,32)/t12-,16-/m0/s1. The lowest BCUT2D eigenvalue weighted by Gasteiger charge is -2.35. The maximum atomic E-state index is 14.2. The van der Waals surface area contributed by atoms with E-state index in [-0.39, 0.29) is 35.6 Å². The molecule has 1 amide bonds. The number of carbonyl (C=O) groups excluding carboxylic acids is 1. The summed E-state index contributed by atoms with van der Waals surface area (Å²) in [4.78, 5) is 23.0. The molecule has 1 aliphatic heterocycles. The Balaban J connectivity index is 1.63. The van der Waals surface area contributed by atoms with Gasteiger partial charge in [0.2, 0.25) is 0 Å². The molecule has 7 nitrogen and oxygen atoms in total. The van der Waals surface area contributed by atoms with Gasteiger partial charge >= 0.3 is 0 Å². The summed E-state index contributed by atoms with van der Waals surface area (Å²) in [6.45, 7) is 0.695. The Morgan fingerprint density at radius 2 is 1.91 bits per heavy atom. The molecule has 0 saturated carbocycles. The van der Waals surface area contributed by atoms with E-state index in [9.17, 15) is 18.0 Å². The molecule has 3 heterocycles. The number of carbonyl (C=O) groups is 1. The van der Waals surface area contributed by atoms with Crippen LogP contribution in [0, 0.1) is 11.6 Å². The fourth-order valence-electron chi connectivity index (χ4n) is 3.65. The van der Waals surface area contributed by atoms with E-state index in [0.717, 1.165) is 12.1 Å². The molecule has 166 valence electrons. The quantitative estimate of drug-likeness (QED) is 0.573. The van der Waals surface area contributed by atoms with E-state index < -0.39 is 29.8 Å². The summed E-state index contributed by atoms with van der Waals surface area (Å²) in [5, 5.41) is 2.69. The van der Waals surface area contributed by atoms with E-state index in [1.807, 2.05) is 4.90 Å². The predicted octanol–water partition coefficient (Wildman–Crippen LogP) is 3.13. The SMILES string of the molecule is Nc1ccc(-c2c(F)cccc2F)nc1C(=O)Nc1cnccc1N1CC[C@H](F)[C@@H](N)C1. The number of hydrogen-bond donors (Lipinski definition) is 3. The highest BCUT2D eigenvalue weighted by molar-refractivity contribution is 6.07. The Morgan fingerprint density at radius 3 is 2.62 bits per heavy atom. The topological polar surface area (TPSA) is 110 Å². The van der Waals surface area contributed by atoms with Gasteiger partial charge in [0.15, 0.2) is 5.69 Å². The number of anilines is 3. The highest BCUT2D eigenvalue weighted by atomic mass is 19.1. The fraction of sp³-hybridized carbons (Fsp3) is 0.227. The first-order chi connectivity index (χ1) is 15.3. The van der Waals surface area contributed by atoms with Crippen LogP contribution in [0.25, 0.3) is 11.3 Å². The molecule has 0 spiro atoms. The molecule has 1 saturated heterocycles. The smallest absolute Gasteiger partial charge is 0.276 e. The van der Waals surface area contributed by atoms with E-state index >= 15 is 0 Å². The van der Waals surface area contributed by atoms with E-state index in [1.165, 1.54) is 24.4 Å². The van der Waals surface area contributed by atoms with Crippen molar-refractivity contribution in [3.8, 4) is 11.3 Å². The van der Waals surface area contributed by atoms with Crippen molar-refractivity contribution >= 4 is 23.0 Å². The van der Waals surface area contributed by atoms with Crippen molar-refractivity contribution in [1.82, 2.24) is 9.97 Å². The number of pyridine rings is 2. The molecule has 4 rings (SSSR count). The third-order valence-electron chi connectivity index (χ3n) is 5.32. The lowest BCUT2D eigenvalue weighted by molar-refractivity contribution is 0.102. The van der Waals surface area contributed by atoms with Crippen LogP contribution in [-0.2, 0) is 0 Å². The van der Waals surface area contributed by atoms with Gasteiger partial charge in [0, 0.05) is 19.3 Å². The average Bonchev–Trinajstić information content (AvgIpc) is 2.77. The molecule has 0 radical (unpaired) electrons. The van der Waals surface area contributed by atoms with Crippen molar-refractivity contribution in [2.45, 2.75) is 18.6 Å². The summed E-state index contributed by atoms with van der Waals surface area (Å²) < 4.78 is 42.1. The Kier molecular flexibility index (Phi) is 5.95. The molecular formula is C22H21F3N6O. The number of aromatic nitrogens is 2. The van der Waals surface area contributed by atoms with Crippen molar-refractivity contribution in [3.63, 3.8) is 0 Å². The molecule has 1 fully saturated rings. The molecule has 0 bridgehead atoms. The van der Waals surface area contributed by atoms with Crippen molar-refractivity contribution in [2.75, 3.05) is 29.0 Å². The number of piperidine rings is 1. The molecule has 32 heavy (non-hydrogen) atoms. The molecule has 2 aromatic heterocycles. The van der Waals surface area contributed by atoms with Gasteiger partial charge in [0.1, 0.15) is 17.8 Å². The summed E-state index contributed by atoms with van der Waals surface area (Å²) in [7, 11) is 0. The summed E-state index contributed by atoms with van der Waals surface area (Å²) in [5.74, 6) is -2.30. The van der Waals surface area contributed by atoms with Crippen LogP contribution in [0.5, 0.6) is 0 Å². The molecule has 1 aliphatic rings. The van der Waals surface area contributed by atoms with Gasteiger partial charge < -0.3 is 21.7 Å². The first-order valence-electron chi connectivity index (χ1n) is 9.96. The molecule has 2 atom stereocenters. The Morgan fingerprint density at radius 1 is 1.16 bits per heavy atom. The highest BCUT2D eigenvalue weighted by Crippen LogP contribution is 2.30. The number of nitrogens with one attached hydrogen (secondary N) is 1. The monoisotopic (exact) mass is 442 g/mol. The Labute approximate surface area is 182 Å². The van der Waals surface area contributed by atoms with Crippen LogP contribution in [0.2, 0.25) is 0 Å². The highest BCUT2D eigenvalue weighted by Gasteiger charge is 2.28. The molecular weight excluding hydrogens is 421 g/mol. The third-order valence-corrected chi connectivity index (χ3v) is 5.32. The van der Waals surface area contributed by atoms with Crippen LogP contribution >= 0.6 is 0 Å². The van der Waals surface area contributed by atoms with Crippen LogP contribution in [0.15, 0.2) is 48.8 Å². The second-order valence-corrected chi connectivity index (χ2v) is 7.49. The first kappa shape index (κ1) is 21.6. The van der Waals surface area contributed by atoms with E-state index in [2.05, 4.69) is 15.3 Å². The van der Waals surface area contributed by atoms with E-state index in [4.69, 9.17) is 11.5 Å². The first-order valence-corrected chi connectivity index (χ1v) is 9.96. The zero-order valence-corrected chi connectivity index (χ0v) is 16.9. The number of alkyl halides is 1. The van der Waals surface area contributed by atoms with Gasteiger partial charge in [0.25, 0.3) is 5.91 Å². The van der Waals surface area contributed by atoms with E-state index in [0.29, 0.717) is 17.9 Å². The molecule has 10 heteroatoms. The molecule has 0 unspecified atom stereocenters. The van der Waals surface area contributed by atoms with Gasteiger partial charge in [-0.25, -0.2) is 18.2 Å². The zero-order chi connectivity index (χ0) is 22.8. The van der Waals surface area contributed by atoms with Gasteiger partial charge in [-0.1, -0.05) is 6.07 Å². The van der Waals surface area contributed by atoms with Crippen LogP contribution in [-0.4, -0.2) is 41.2 Å². The fourth-order valence-corrected chi connectivity index (χ4v) is 3.65. The predicted molar refractivity (Wildman–Crippen MR) is 116 cm³/mol. The maximum Gasteiger partial charge on any atom is 0.276 e. The van der Waals surface area contributed by atoms with Crippen molar-refractivity contribution < 1.29 is 18.0 Å². The normalized spacial score (nSPS) is 18.4. The molecule has 3 aromatic rings. The second-order valence-electron chi connectivity index (χ2n) is 7.49. The van der Waals surface area contributed by atoms with Crippen LogP contribution in [0.3, 0.4) is 0 Å². The van der Waals surface area contributed by atoms with Gasteiger partial charge in [-0.2, -0.15) is 0 Å². The molecule has 1 aromatic carbocycles. The molecule has 5 N–H and O–H groups in total. The summed E-state index contributed by atoms with van der Waals surface area (Å²) >= 11 is 0. The summed E-state index contributed by atoms with van der Waals surface area (Å²) in [6.07, 6.45) is 2.17. The lowest BCUT2D eigenvalue weighted by Crippen LogP contribution is -2.50. The number of rotatable bonds is 4. The minimum Gasteiger partial charge on any atom is -0.397 e. The van der Waals surface area contributed by atoms with Crippen molar-refractivity contribution in [1.29, 1.82) is 0 Å². The third kappa shape index (κ3) is 4.22. The maximum absolute atomic E-state index is 14.2. The zero-order valence-electron chi connectivity index (χ0n) is 16.9. The van der Waals surface area contributed by atoms with Crippen molar-refractivity contribution in [3.05, 3.63) is 66.1 Å². The van der Waals surface area contributed by atoms with Gasteiger partial charge in [-0.05, 0) is 36.8 Å². The number of halogens is 3. The number of nitrogens with two attached hydrogens (primary N) is 2. The second kappa shape index (κ2) is 8.83. The Bertz CT molecular complexity index is 1140. The number of nitrogen functional groups attached to an aromatic ring is 1. The minimum absolute atomic E-state index is 0.0358. The lowest BCUT2D eigenvalue weighted by atomic mass is 10.0. The van der Waals surface area contributed by atoms with Crippen molar-refractivity contribution in [2.24, 2.45) is 5.73 Å². The summed E-state index contributed by atoms with van der Waals surface area (Å²) in [5.41, 5.74) is 12.2. The number of benzene rings is 1. The van der Waals surface area contributed by atoms with Gasteiger partial charge in [-0.15, -0.1) is 0 Å². The molecule has 0 aliphatic carbocycles. The van der Waals surface area contributed by atoms with Crippen LogP contribution in [0.4, 0.5) is 30.2 Å². The largest absolute Gasteiger partial charge is 0.397 e. The average molecular weight is 442 g/mol. The van der Waals surface area contributed by atoms with Gasteiger partial charge in [0.05, 0.1) is 40.6 Å². The minimum atomic E-state index is -1.09. The van der Waals surface area contributed by atoms with Gasteiger partial charge in [-0.3, -0.25) is 9.78 Å². The Hall–Kier alpha value is -3.66. The summed E-state index contributed by atoms with van der Waals surface area (Å²) in [6, 6.07) is 7.17. The number of hydrogen-bond acceptors (Lipinski definition) is 6. The van der Waals surface area contributed by atoms with Crippen LogP contribution in [0.1, 0.15) is 16.9 Å².